The Morgan fingerprint density at radius 1 is 1.12 bits per heavy atom. The molecule has 2 rings (SSSR count). The molecule has 0 aliphatic carbocycles. The van der Waals surface area contributed by atoms with Crippen LogP contribution < -0.4 is 11.1 Å². The van der Waals surface area contributed by atoms with Crippen LogP contribution in [-0.2, 0) is 0 Å². The van der Waals surface area contributed by atoms with Crippen molar-refractivity contribution in [3.63, 3.8) is 0 Å². The van der Waals surface area contributed by atoms with Gasteiger partial charge < -0.3 is 11.1 Å². The number of nitrogens with one attached hydrogen (secondary N) is 1. The maximum Gasteiger partial charge on any atom is 0.148 e. The standard InChI is InChI=1S/C13H12BrFN2/c1-8-4-2-6-10(12(8)14)17-11-7-3-5-9(15)13(11)16/h2-7,17H,16H2,1H3. The van der Waals surface area contributed by atoms with Crippen LogP contribution in [0.2, 0.25) is 0 Å². The molecule has 2 aromatic rings. The van der Waals surface area contributed by atoms with Crippen molar-refractivity contribution in [2.24, 2.45) is 0 Å². The van der Waals surface area contributed by atoms with Gasteiger partial charge in [0.2, 0.25) is 0 Å². The van der Waals surface area contributed by atoms with E-state index in [0.29, 0.717) is 5.69 Å². The summed E-state index contributed by atoms with van der Waals surface area (Å²) in [6.45, 7) is 1.99. The normalized spacial score (nSPS) is 10.3. The third-order valence-corrected chi connectivity index (χ3v) is 3.57. The molecule has 4 heteroatoms. The summed E-state index contributed by atoms with van der Waals surface area (Å²) in [5.41, 5.74) is 8.32. The highest BCUT2D eigenvalue weighted by molar-refractivity contribution is 9.10. The summed E-state index contributed by atoms with van der Waals surface area (Å²) in [7, 11) is 0. The van der Waals surface area contributed by atoms with Gasteiger partial charge in [0.25, 0.3) is 0 Å². The first kappa shape index (κ1) is 11.9. The molecule has 0 saturated heterocycles. The smallest absolute Gasteiger partial charge is 0.148 e. The Kier molecular flexibility index (Phi) is 3.33. The lowest BCUT2D eigenvalue weighted by molar-refractivity contribution is 0.633. The predicted molar refractivity (Wildman–Crippen MR) is 73.0 cm³/mol. The minimum absolute atomic E-state index is 0.126. The third kappa shape index (κ3) is 2.42. The van der Waals surface area contributed by atoms with E-state index in [1.807, 2.05) is 25.1 Å². The Balaban J connectivity index is 2.38. The summed E-state index contributed by atoms with van der Waals surface area (Å²) >= 11 is 3.48. The molecule has 0 saturated carbocycles. The molecule has 0 heterocycles. The van der Waals surface area contributed by atoms with Gasteiger partial charge in [0, 0.05) is 4.47 Å². The Morgan fingerprint density at radius 2 is 1.76 bits per heavy atom. The van der Waals surface area contributed by atoms with Gasteiger partial charge in [-0.1, -0.05) is 18.2 Å². The molecule has 17 heavy (non-hydrogen) atoms. The van der Waals surface area contributed by atoms with Gasteiger partial charge in [-0.05, 0) is 46.6 Å². The SMILES string of the molecule is Cc1cccc(Nc2cccc(F)c2N)c1Br. The molecule has 2 nitrogen and oxygen atoms in total. The highest BCUT2D eigenvalue weighted by atomic mass is 79.9. The van der Waals surface area contributed by atoms with Crippen LogP contribution in [0.3, 0.4) is 0 Å². The van der Waals surface area contributed by atoms with Crippen molar-refractivity contribution < 1.29 is 4.39 Å². The number of hydrogen-bond acceptors (Lipinski definition) is 2. The second-order valence-corrected chi connectivity index (χ2v) is 4.56. The molecule has 3 N–H and O–H groups in total. The van der Waals surface area contributed by atoms with Crippen molar-refractivity contribution in [3.05, 3.63) is 52.3 Å². The zero-order chi connectivity index (χ0) is 12.4. The van der Waals surface area contributed by atoms with Crippen molar-refractivity contribution in [1.82, 2.24) is 0 Å². The molecule has 0 fully saturated rings. The van der Waals surface area contributed by atoms with E-state index in [4.69, 9.17) is 5.73 Å². The topological polar surface area (TPSA) is 38.0 Å². The number of anilines is 3. The largest absolute Gasteiger partial charge is 0.395 e. The number of hydrogen-bond donors (Lipinski definition) is 2. The zero-order valence-corrected chi connectivity index (χ0v) is 10.9. The molecule has 0 bridgehead atoms. The third-order valence-electron chi connectivity index (χ3n) is 2.51. The van der Waals surface area contributed by atoms with Crippen LogP contribution in [0.25, 0.3) is 0 Å². The van der Waals surface area contributed by atoms with Crippen LogP contribution in [-0.4, -0.2) is 0 Å². The Labute approximate surface area is 108 Å². The number of nitrogen functional groups attached to an aromatic ring is 1. The molecule has 2 aromatic carbocycles. The summed E-state index contributed by atoms with van der Waals surface area (Å²) in [4.78, 5) is 0. The molecule has 0 unspecified atom stereocenters. The minimum atomic E-state index is -0.418. The number of aryl methyl sites for hydroxylation is 1. The van der Waals surface area contributed by atoms with Crippen LogP contribution in [0, 0.1) is 12.7 Å². The fourth-order valence-electron chi connectivity index (χ4n) is 1.54. The molecule has 0 amide bonds. The lowest BCUT2D eigenvalue weighted by Crippen LogP contribution is -1.99. The first-order valence-electron chi connectivity index (χ1n) is 5.15. The van der Waals surface area contributed by atoms with Gasteiger partial charge in [-0.2, -0.15) is 0 Å². The average molecular weight is 295 g/mol. The monoisotopic (exact) mass is 294 g/mol. The van der Waals surface area contributed by atoms with E-state index >= 15 is 0 Å². The molecule has 0 aromatic heterocycles. The maximum absolute atomic E-state index is 13.3. The highest BCUT2D eigenvalue weighted by Crippen LogP contribution is 2.31. The molecule has 0 spiro atoms. The molecule has 0 aliphatic rings. The van der Waals surface area contributed by atoms with E-state index in [9.17, 15) is 4.39 Å². The van der Waals surface area contributed by atoms with Gasteiger partial charge in [-0.15, -0.1) is 0 Å². The molecule has 0 atom stereocenters. The van der Waals surface area contributed by atoms with Gasteiger partial charge in [0.15, 0.2) is 0 Å². The quantitative estimate of drug-likeness (QED) is 0.814. The van der Waals surface area contributed by atoms with E-state index < -0.39 is 5.82 Å². The van der Waals surface area contributed by atoms with Gasteiger partial charge in [-0.25, -0.2) is 4.39 Å². The van der Waals surface area contributed by atoms with Crippen LogP contribution >= 0.6 is 15.9 Å². The van der Waals surface area contributed by atoms with Crippen LogP contribution in [0.4, 0.5) is 21.5 Å². The van der Waals surface area contributed by atoms with Gasteiger partial charge >= 0.3 is 0 Å². The van der Waals surface area contributed by atoms with Crippen molar-refractivity contribution >= 4 is 33.0 Å². The van der Waals surface area contributed by atoms with Crippen LogP contribution in [0.15, 0.2) is 40.9 Å². The van der Waals surface area contributed by atoms with E-state index in [-0.39, 0.29) is 5.69 Å². The lowest BCUT2D eigenvalue weighted by atomic mass is 10.2. The van der Waals surface area contributed by atoms with Gasteiger partial charge in [0.1, 0.15) is 5.82 Å². The lowest BCUT2D eigenvalue weighted by Gasteiger charge is -2.12. The van der Waals surface area contributed by atoms with Crippen molar-refractivity contribution in [2.45, 2.75) is 6.92 Å². The molecular formula is C13H12BrFN2. The average Bonchev–Trinajstić information content (AvgIpc) is 2.31. The maximum atomic E-state index is 13.3. The highest BCUT2D eigenvalue weighted by Gasteiger charge is 2.07. The number of para-hydroxylation sites is 1. The summed E-state index contributed by atoms with van der Waals surface area (Å²) in [6, 6.07) is 10.5. The summed E-state index contributed by atoms with van der Waals surface area (Å²) in [6.07, 6.45) is 0. The van der Waals surface area contributed by atoms with Crippen molar-refractivity contribution in [2.75, 3.05) is 11.1 Å². The van der Waals surface area contributed by atoms with Crippen molar-refractivity contribution in [1.29, 1.82) is 0 Å². The van der Waals surface area contributed by atoms with E-state index in [0.717, 1.165) is 15.7 Å². The van der Waals surface area contributed by atoms with Crippen molar-refractivity contribution in [3.8, 4) is 0 Å². The number of halogens is 2. The second kappa shape index (κ2) is 4.75. The van der Waals surface area contributed by atoms with Gasteiger partial charge in [0.05, 0.1) is 17.1 Å². The number of nitrogens with two attached hydrogens (primary N) is 1. The van der Waals surface area contributed by atoms with E-state index in [1.54, 1.807) is 12.1 Å². The van der Waals surface area contributed by atoms with E-state index in [1.165, 1.54) is 6.07 Å². The van der Waals surface area contributed by atoms with Crippen LogP contribution in [0.1, 0.15) is 5.56 Å². The molecule has 0 radical (unpaired) electrons. The number of benzene rings is 2. The zero-order valence-electron chi connectivity index (χ0n) is 9.30. The Morgan fingerprint density at radius 3 is 2.53 bits per heavy atom. The predicted octanol–water partition coefficient (Wildman–Crippen LogP) is 4.22. The Bertz CT molecular complexity index is 506. The summed E-state index contributed by atoms with van der Waals surface area (Å²) < 4.78 is 14.2. The first-order valence-corrected chi connectivity index (χ1v) is 5.95. The first-order chi connectivity index (χ1) is 8.09. The molecule has 88 valence electrons. The minimum Gasteiger partial charge on any atom is -0.395 e. The number of rotatable bonds is 2. The summed E-state index contributed by atoms with van der Waals surface area (Å²) in [5.74, 6) is -0.418. The Hall–Kier alpha value is -1.55. The fourth-order valence-corrected chi connectivity index (χ4v) is 1.90. The van der Waals surface area contributed by atoms with E-state index in [2.05, 4.69) is 21.2 Å². The molecular weight excluding hydrogens is 283 g/mol. The second-order valence-electron chi connectivity index (χ2n) is 3.76. The fraction of sp³-hybridized carbons (Fsp3) is 0.0769. The molecule has 0 aliphatic heterocycles. The van der Waals surface area contributed by atoms with Gasteiger partial charge in [-0.3, -0.25) is 0 Å². The van der Waals surface area contributed by atoms with Crippen LogP contribution in [0.5, 0.6) is 0 Å². The summed E-state index contributed by atoms with van der Waals surface area (Å²) in [5, 5.41) is 3.11.